The first-order chi connectivity index (χ1) is 6.25. The van der Waals surface area contributed by atoms with Crippen LogP contribution in [0.25, 0.3) is 0 Å². The van der Waals surface area contributed by atoms with Crippen LogP contribution in [0.4, 0.5) is 0 Å². The first-order valence-electron chi connectivity index (χ1n) is 5.59. The van der Waals surface area contributed by atoms with E-state index in [1.54, 1.807) is 0 Å². The van der Waals surface area contributed by atoms with E-state index >= 15 is 0 Å². The average Bonchev–Trinajstić information content (AvgIpc) is 2.43. The van der Waals surface area contributed by atoms with Gasteiger partial charge in [0.05, 0.1) is 0 Å². The molecule has 2 N–H and O–H groups in total. The van der Waals surface area contributed by atoms with Gasteiger partial charge in [-0.3, -0.25) is 0 Å². The van der Waals surface area contributed by atoms with E-state index in [1.807, 2.05) is 6.92 Å². The van der Waals surface area contributed by atoms with Crippen molar-refractivity contribution in [2.45, 2.75) is 45.6 Å². The van der Waals surface area contributed by atoms with Crippen LogP contribution in [0.3, 0.4) is 0 Å². The predicted octanol–water partition coefficient (Wildman–Crippen LogP) is 2.18. The van der Waals surface area contributed by atoms with E-state index in [-0.39, 0.29) is 0 Å². The summed E-state index contributed by atoms with van der Waals surface area (Å²) in [4.78, 5) is 0. The Hall–Kier alpha value is -0.0800. The molecule has 0 radical (unpaired) electrons. The standard InChI is InChI=1S/C11H23NO/c1-3-13-8-4-5-10-6-7-11(12)9(10)2/h9-11H,3-8,12H2,1-2H3. The second-order valence-electron chi connectivity index (χ2n) is 4.20. The van der Waals surface area contributed by atoms with Gasteiger partial charge in [0.15, 0.2) is 0 Å². The van der Waals surface area contributed by atoms with Gasteiger partial charge in [-0.1, -0.05) is 6.92 Å². The van der Waals surface area contributed by atoms with Crippen LogP contribution in [-0.4, -0.2) is 19.3 Å². The normalized spacial score (nSPS) is 33.9. The zero-order valence-electron chi connectivity index (χ0n) is 8.96. The lowest BCUT2D eigenvalue weighted by Crippen LogP contribution is -2.25. The molecule has 0 aliphatic heterocycles. The molecule has 0 spiro atoms. The van der Waals surface area contributed by atoms with Gasteiger partial charge in [-0.25, -0.2) is 0 Å². The molecule has 3 atom stereocenters. The van der Waals surface area contributed by atoms with Crippen molar-refractivity contribution in [2.75, 3.05) is 13.2 Å². The van der Waals surface area contributed by atoms with Crippen LogP contribution in [0.1, 0.15) is 39.5 Å². The summed E-state index contributed by atoms with van der Waals surface area (Å²) in [7, 11) is 0. The van der Waals surface area contributed by atoms with Gasteiger partial charge >= 0.3 is 0 Å². The molecule has 1 saturated carbocycles. The fourth-order valence-corrected chi connectivity index (χ4v) is 2.28. The van der Waals surface area contributed by atoms with Gasteiger partial charge in [-0.15, -0.1) is 0 Å². The van der Waals surface area contributed by atoms with E-state index < -0.39 is 0 Å². The van der Waals surface area contributed by atoms with Crippen molar-refractivity contribution in [2.24, 2.45) is 17.6 Å². The first kappa shape index (κ1) is 11.0. The molecular weight excluding hydrogens is 162 g/mol. The Morgan fingerprint density at radius 2 is 2.15 bits per heavy atom. The molecule has 1 aliphatic rings. The fourth-order valence-electron chi connectivity index (χ4n) is 2.28. The molecule has 0 aromatic rings. The Kier molecular flexibility index (Phi) is 4.74. The molecule has 1 rings (SSSR count). The molecule has 3 unspecified atom stereocenters. The highest BCUT2D eigenvalue weighted by atomic mass is 16.5. The van der Waals surface area contributed by atoms with Crippen molar-refractivity contribution < 1.29 is 4.74 Å². The van der Waals surface area contributed by atoms with Gasteiger partial charge in [0, 0.05) is 19.3 Å². The van der Waals surface area contributed by atoms with Gasteiger partial charge in [-0.05, 0) is 44.4 Å². The number of ether oxygens (including phenoxy) is 1. The van der Waals surface area contributed by atoms with Crippen LogP contribution in [0.2, 0.25) is 0 Å². The number of hydrogen-bond donors (Lipinski definition) is 1. The van der Waals surface area contributed by atoms with Crippen molar-refractivity contribution in [3.63, 3.8) is 0 Å². The third-order valence-electron chi connectivity index (χ3n) is 3.36. The Morgan fingerprint density at radius 3 is 2.69 bits per heavy atom. The molecule has 0 amide bonds. The van der Waals surface area contributed by atoms with Crippen molar-refractivity contribution in [1.82, 2.24) is 0 Å². The third kappa shape index (κ3) is 3.28. The number of hydrogen-bond acceptors (Lipinski definition) is 2. The molecule has 0 heterocycles. The molecule has 78 valence electrons. The smallest absolute Gasteiger partial charge is 0.0465 e. The highest BCUT2D eigenvalue weighted by Gasteiger charge is 2.29. The molecule has 1 fully saturated rings. The molecule has 2 heteroatoms. The Balaban J connectivity index is 2.08. The lowest BCUT2D eigenvalue weighted by molar-refractivity contribution is 0.137. The van der Waals surface area contributed by atoms with Gasteiger partial charge in [0.1, 0.15) is 0 Å². The van der Waals surface area contributed by atoms with E-state index in [4.69, 9.17) is 10.5 Å². The first-order valence-corrected chi connectivity index (χ1v) is 5.59. The van der Waals surface area contributed by atoms with Gasteiger partial charge in [-0.2, -0.15) is 0 Å². The maximum atomic E-state index is 5.97. The largest absolute Gasteiger partial charge is 0.382 e. The monoisotopic (exact) mass is 185 g/mol. The van der Waals surface area contributed by atoms with E-state index in [9.17, 15) is 0 Å². The van der Waals surface area contributed by atoms with E-state index in [0.29, 0.717) is 6.04 Å². The summed E-state index contributed by atoms with van der Waals surface area (Å²) in [5, 5.41) is 0. The third-order valence-corrected chi connectivity index (χ3v) is 3.36. The lowest BCUT2D eigenvalue weighted by atomic mass is 9.92. The van der Waals surface area contributed by atoms with E-state index in [1.165, 1.54) is 25.7 Å². The second-order valence-corrected chi connectivity index (χ2v) is 4.20. The molecular formula is C11H23NO. The van der Waals surface area contributed by atoms with Crippen LogP contribution >= 0.6 is 0 Å². The minimum Gasteiger partial charge on any atom is -0.382 e. The second kappa shape index (κ2) is 5.61. The molecule has 0 bridgehead atoms. The topological polar surface area (TPSA) is 35.2 Å². The maximum absolute atomic E-state index is 5.97. The Bertz CT molecular complexity index is 138. The predicted molar refractivity (Wildman–Crippen MR) is 55.6 cm³/mol. The van der Waals surface area contributed by atoms with Crippen LogP contribution in [0.5, 0.6) is 0 Å². The quantitative estimate of drug-likeness (QED) is 0.666. The molecule has 0 aromatic carbocycles. The van der Waals surface area contributed by atoms with Crippen LogP contribution in [-0.2, 0) is 4.74 Å². The van der Waals surface area contributed by atoms with Crippen molar-refractivity contribution >= 4 is 0 Å². The van der Waals surface area contributed by atoms with E-state index in [0.717, 1.165) is 25.0 Å². The van der Waals surface area contributed by atoms with Crippen molar-refractivity contribution in [1.29, 1.82) is 0 Å². The molecule has 0 saturated heterocycles. The fraction of sp³-hybridized carbons (Fsp3) is 1.00. The minimum absolute atomic E-state index is 0.456. The summed E-state index contributed by atoms with van der Waals surface area (Å²) in [6.45, 7) is 6.12. The Morgan fingerprint density at radius 1 is 1.38 bits per heavy atom. The highest BCUT2D eigenvalue weighted by Crippen LogP contribution is 2.33. The summed E-state index contributed by atoms with van der Waals surface area (Å²) in [5.74, 6) is 1.58. The van der Waals surface area contributed by atoms with Crippen LogP contribution in [0.15, 0.2) is 0 Å². The number of nitrogens with two attached hydrogens (primary N) is 1. The average molecular weight is 185 g/mol. The zero-order valence-corrected chi connectivity index (χ0v) is 8.96. The summed E-state index contributed by atoms with van der Waals surface area (Å²) in [6, 6.07) is 0.456. The lowest BCUT2D eigenvalue weighted by Gasteiger charge is -2.17. The van der Waals surface area contributed by atoms with Crippen molar-refractivity contribution in [3.8, 4) is 0 Å². The minimum atomic E-state index is 0.456. The molecule has 13 heavy (non-hydrogen) atoms. The van der Waals surface area contributed by atoms with Gasteiger partial charge in [0.25, 0.3) is 0 Å². The van der Waals surface area contributed by atoms with E-state index in [2.05, 4.69) is 6.92 Å². The van der Waals surface area contributed by atoms with Crippen LogP contribution < -0.4 is 5.73 Å². The summed E-state index contributed by atoms with van der Waals surface area (Å²) in [6.07, 6.45) is 5.05. The Labute approximate surface area is 81.8 Å². The SMILES string of the molecule is CCOCCCC1CCC(N)C1C. The molecule has 2 nitrogen and oxygen atoms in total. The zero-order chi connectivity index (χ0) is 9.68. The molecule has 0 aromatic heterocycles. The highest BCUT2D eigenvalue weighted by molar-refractivity contribution is 4.84. The van der Waals surface area contributed by atoms with Gasteiger partial charge < -0.3 is 10.5 Å². The molecule has 1 aliphatic carbocycles. The van der Waals surface area contributed by atoms with Gasteiger partial charge in [0.2, 0.25) is 0 Å². The number of rotatable bonds is 5. The summed E-state index contributed by atoms with van der Waals surface area (Å²) < 4.78 is 5.32. The summed E-state index contributed by atoms with van der Waals surface area (Å²) in [5.41, 5.74) is 5.97. The van der Waals surface area contributed by atoms with Crippen LogP contribution in [0, 0.1) is 11.8 Å². The summed E-state index contributed by atoms with van der Waals surface area (Å²) >= 11 is 0. The maximum Gasteiger partial charge on any atom is 0.0465 e. The van der Waals surface area contributed by atoms with Crippen molar-refractivity contribution in [3.05, 3.63) is 0 Å².